The van der Waals surface area contributed by atoms with Crippen LogP contribution in [0.2, 0.25) is 0 Å². The fourth-order valence-corrected chi connectivity index (χ4v) is 3.58. The van der Waals surface area contributed by atoms with Crippen LogP contribution in [-0.2, 0) is 9.59 Å². The number of carbonyl (C=O) groups excluding carboxylic acids is 4. The van der Waals surface area contributed by atoms with E-state index in [9.17, 15) is 23.6 Å². The van der Waals surface area contributed by atoms with Crippen LogP contribution >= 0.6 is 0 Å². The molecule has 136 valence electrons. The Hall–Kier alpha value is -2.81. The van der Waals surface area contributed by atoms with E-state index in [0.29, 0.717) is 13.1 Å². The maximum Gasteiger partial charge on any atom is 0.262 e. The number of rotatable bonds is 3. The molecule has 0 spiro atoms. The molecule has 4 amide bonds. The SMILES string of the molecule is CNC1CN(c2cc3c(cc2F)C(=O)N(C2CCC(=O)NC2=O)C3=O)C1. The van der Waals surface area contributed by atoms with Crippen LogP contribution in [0.1, 0.15) is 33.6 Å². The zero-order valence-electron chi connectivity index (χ0n) is 14.0. The lowest BCUT2D eigenvalue weighted by Gasteiger charge is -2.41. The first-order valence-corrected chi connectivity index (χ1v) is 8.38. The zero-order chi connectivity index (χ0) is 18.6. The summed E-state index contributed by atoms with van der Waals surface area (Å²) < 4.78 is 14.5. The van der Waals surface area contributed by atoms with E-state index in [4.69, 9.17) is 0 Å². The monoisotopic (exact) mass is 360 g/mol. The second kappa shape index (κ2) is 5.87. The van der Waals surface area contributed by atoms with Crippen molar-refractivity contribution in [2.45, 2.75) is 24.9 Å². The molecule has 2 saturated heterocycles. The molecule has 9 heteroatoms. The molecule has 2 fully saturated rings. The number of hydrogen-bond acceptors (Lipinski definition) is 6. The first-order valence-electron chi connectivity index (χ1n) is 8.38. The summed E-state index contributed by atoms with van der Waals surface area (Å²) in [5.41, 5.74) is 0.303. The molecule has 2 N–H and O–H groups in total. The van der Waals surface area contributed by atoms with Crippen LogP contribution in [0.4, 0.5) is 10.1 Å². The number of imide groups is 2. The predicted octanol–water partition coefficient (Wildman–Crippen LogP) is -0.365. The number of nitrogens with zero attached hydrogens (tertiary/aromatic N) is 2. The lowest BCUT2D eigenvalue weighted by atomic mass is 10.0. The summed E-state index contributed by atoms with van der Waals surface area (Å²) in [6.45, 7) is 1.20. The fourth-order valence-electron chi connectivity index (χ4n) is 3.58. The van der Waals surface area contributed by atoms with Crippen molar-refractivity contribution in [2.24, 2.45) is 0 Å². The fraction of sp³-hybridized carbons (Fsp3) is 0.412. The highest BCUT2D eigenvalue weighted by molar-refractivity contribution is 6.23. The minimum atomic E-state index is -1.05. The van der Waals surface area contributed by atoms with Gasteiger partial charge in [0.1, 0.15) is 11.9 Å². The molecule has 8 nitrogen and oxygen atoms in total. The van der Waals surface area contributed by atoms with Gasteiger partial charge in [-0.15, -0.1) is 0 Å². The summed E-state index contributed by atoms with van der Waals surface area (Å²) in [7, 11) is 1.82. The van der Waals surface area contributed by atoms with Crippen LogP contribution in [0.3, 0.4) is 0 Å². The van der Waals surface area contributed by atoms with E-state index in [2.05, 4.69) is 10.6 Å². The molecular formula is C17H17FN4O4. The molecule has 4 rings (SSSR count). The first-order chi connectivity index (χ1) is 12.4. The maximum absolute atomic E-state index is 14.5. The van der Waals surface area contributed by atoms with Gasteiger partial charge in [-0.3, -0.25) is 29.4 Å². The smallest absolute Gasteiger partial charge is 0.262 e. The number of nitrogens with one attached hydrogen (secondary N) is 2. The number of hydrogen-bond donors (Lipinski definition) is 2. The van der Waals surface area contributed by atoms with Gasteiger partial charge < -0.3 is 10.2 Å². The van der Waals surface area contributed by atoms with E-state index in [1.165, 1.54) is 6.07 Å². The predicted molar refractivity (Wildman–Crippen MR) is 88.1 cm³/mol. The van der Waals surface area contributed by atoms with Gasteiger partial charge >= 0.3 is 0 Å². The van der Waals surface area contributed by atoms with Crippen molar-refractivity contribution in [3.8, 4) is 0 Å². The van der Waals surface area contributed by atoms with Crippen LogP contribution in [0.5, 0.6) is 0 Å². The Morgan fingerprint density at radius 2 is 1.77 bits per heavy atom. The summed E-state index contributed by atoms with van der Waals surface area (Å²) >= 11 is 0. The quantitative estimate of drug-likeness (QED) is 0.714. The Kier molecular flexibility index (Phi) is 3.76. The third kappa shape index (κ3) is 2.38. The van der Waals surface area contributed by atoms with Crippen LogP contribution in [0.25, 0.3) is 0 Å². The second-order valence-corrected chi connectivity index (χ2v) is 6.69. The highest BCUT2D eigenvalue weighted by Crippen LogP contribution is 2.33. The molecule has 0 bridgehead atoms. The Labute approximate surface area is 148 Å². The summed E-state index contributed by atoms with van der Waals surface area (Å²) in [6, 6.07) is 1.64. The topological polar surface area (TPSA) is 98.8 Å². The molecule has 1 unspecified atom stereocenters. The van der Waals surface area contributed by atoms with Gasteiger partial charge in [-0.25, -0.2) is 4.39 Å². The van der Waals surface area contributed by atoms with Gasteiger partial charge in [-0.05, 0) is 25.6 Å². The molecule has 1 aromatic rings. The van der Waals surface area contributed by atoms with E-state index in [-0.39, 0.29) is 35.7 Å². The van der Waals surface area contributed by atoms with E-state index < -0.39 is 35.5 Å². The third-order valence-corrected chi connectivity index (χ3v) is 5.14. The van der Waals surface area contributed by atoms with Gasteiger partial charge in [0, 0.05) is 25.6 Å². The number of likely N-dealkylation sites (N-methyl/N-ethyl adjacent to an activating group) is 1. The molecule has 1 atom stereocenters. The summed E-state index contributed by atoms with van der Waals surface area (Å²) in [4.78, 5) is 51.3. The Morgan fingerprint density at radius 1 is 1.12 bits per heavy atom. The standard InChI is InChI=1S/C17H17FN4O4/c1-19-8-6-21(7-8)13-5-10-9(4-11(13)18)16(25)22(17(10)26)12-2-3-14(23)20-15(12)24/h4-5,8,12,19H,2-3,6-7H2,1H3,(H,20,23,24). The lowest BCUT2D eigenvalue weighted by Crippen LogP contribution is -2.57. The molecule has 3 aliphatic rings. The van der Waals surface area contributed by atoms with Gasteiger partial charge in [-0.1, -0.05) is 0 Å². The minimum absolute atomic E-state index is 0.0443. The Morgan fingerprint density at radius 3 is 2.38 bits per heavy atom. The largest absolute Gasteiger partial charge is 0.366 e. The van der Waals surface area contributed by atoms with Crippen LogP contribution < -0.4 is 15.5 Å². The molecule has 0 saturated carbocycles. The first kappa shape index (κ1) is 16.6. The van der Waals surface area contributed by atoms with Gasteiger partial charge in [0.2, 0.25) is 11.8 Å². The molecular weight excluding hydrogens is 343 g/mol. The second-order valence-electron chi connectivity index (χ2n) is 6.69. The van der Waals surface area contributed by atoms with Crippen LogP contribution in [-0.4, -0.2) is 60.7 Å². The molecule has 3 aliphatic heterocycles. The van der Waals surface area contributed by atoms with E-state index in [1.54, 1.807) is 4.90 Å². The van der Waals surface area contributed by atoms with Crippen molar-refractivity contribution in [3.05, 3.63) is 29.1 Å². The summed E-state index contributed by atoms with van der Waals surface area (Å²) in [5, 5.41) is 5.21. The number of anilines is 1. The number of halogens is 1. The highest BCUT2D eigenvalue weighted by atomic mass is 19.1. The third-order valence-electron chi connectivity index (χ3n) is 5.14. The highest BCUT2D eigenvalue weighted by Gasteiger charge is 2.45. The average Bonchev–Trinajstić information content (AvgIpc) is 2.78. The lowest BCUT2D eigenvalue weighted by molar-refractivity contribution is -0.136. The van der Waals surface area contributed by atoms with Crippen LogP contribution in [0.15, 0.2) is 12.1 Å². The minimum Gasteiger partial charge on any atom is -0.366 e. The van der Waals surface area contributed by atoms with Crippen molar-refractivity contribution in [2.75, 3.05) is 25.0 Å². The number of carbonyl (C=O) groups is 4. The molecule has 0 aromatic heterocycles. The van der Waals surface area contributed by atoms with E-state index in [0.717, 1.165) is 11.0 Å². The van der Waals surface area contributed by atoms with Gasteiger partial charge in [0.15, 0.2) is 0 Å². The maximum atomic E-state index is 14.5. The molecule has 3 heterocycles. The van der Waals surface area contributed by atoms with Crippen molar-refractivity contribution in [1.82, 2.24) is 15.5 Å². The Bertz CT molecular complexity index is 849. The zero-order valence-corrected chi connectivity index (χ0v) is 14.0. The number of piperidine rings is 1. The summed E-state index contributed by atoms with van der Waals surface area (Å²) in [5.74, 6) is -3.04. The normalized spacial score (nSPS) is 23.2. The summed E-state index contributed by atoms with van der Waals surface area (Å²) in [6.07, 6.45) is 0.115. The molecule has 26 heavy (non-hydrogen) atoms. The number of benzene rings is 1. The van der Waals surface area contributed by atoms with E-state index >= 15 is 0 Å². The van der Waals surface area contributed by atoms with Gasteiger partial charge in [0.25, 0.3) is 11.8 Å². The van der Waals surface area contributed by atoms with E-state index in [1.807, 2.05) is 7.05 Å². The average molecular weight is 360 g/mol. The Balaban J connectivity index is 1.64. The van der Waals surface area contributed by atoms with Crippen molar-refractivity contribution in [3.63, 3.8) is 0 Å². The van der Waals surface area contributed by atoms with Crippen molar-refractivity contribution >= 4 is 29.3 Å². The van der Waals surface area contributed by atoms with Gasteiger partial charge in [-0.2, -0.15) is 0 Å². The van der Waals surface area contributed by atoms with Crippen molar-refractivity contribution < 1.29 is 23.6 Å². The molecule has 0 aliphatic carbocycles. The molecule has 1 aromatic carbocycles. The number of amides is 4. The van der Waals surface area contributed by atoms with Gasteiger partial charge in [0.05, 0.1) is 16.8 Å². The molecule has 0 radical (unpaired) electrons. The van der Waals surface area contributed by atoms with Crippen molar-refractivity contribution in [1.29, 1.82) is 0 Å². The van der Waals surface area contributed by atoms with Crippen LogP contribution in [0, 0.1) is 5.82 Å². The number of fused-ring (bicyclic) bond motifs is 1.